The number of hydrogen-bond donors (Lipinski definition) is 0. The zero-order valence-electron chi connectivity index (χ0n) is 12.0. The van der Waals surface area contributed by atoms with Crippen molar-refractivity contribution < 1.29 is 0 Å². The summed E-state index contributed by atoms with van der Waals surface area (Å²) in [5.74, 6) is 1.65. The van der Waals surface area contributed by atoms with Crippen LogP contribution in [0.3, 0.4) is 0 Å². The van der Waals surface area contributed by atoms with Crippen molar-refractivity contribution in [2.45, 2.75) is 47.5 Å². The molecule has 0 aliphatic carbocycles. The zero-order valence-corrected chi connectivity index (χ0v) is 13.7. The molecular formula is C12H22BN3S2. The molecule has 1 aromatic heterocycles. The summed E-state index contributed by atoms with van der Waals surface area (Å²) in [5, 5.41) is 8.34. The molecule has 1 aromatic rings. The Bertz CT molecular complexity index is 379. The van der Waals surface area contributed by atoms with Crippen LogP contribution in [0.25, 0.3) is 0 Å². The minimum absolute atomic E-state index is 0.190. The number of aromatic nitrogens is 3. The van der Waals surface area contributed by atoms with Crippen molar-refractivity contribution in [2.75, 3.05) is 0 Å². The number of hydrogen-bond acceptors (Lipinski definition) is 4. The third-order valence-corrected chi connectivity index (χ3v) is 5.48. The monoisotopic (exact) mass is 283 g/mol. The number of rotatable bonds is 6. The summed E-state index contributed by atoms with van der Waals surface area (Å²) < 4.78 is 1.71. The second-order valence-electron chi connectivity index (χ2n) is 5.79. The first-order valence-electron chi connectivity index (χ1n) is 6.26. The van der Waals surface area contributed by atoms with Crippen molar-refractivity contribution in [1.29, 1.82) is 0 Å². The summed E-state index contributed by atoms with van der Waals surface area (Å²) >= 11 is 0. The molecule has 3 nitrogen and oxygen atoms in total. The van der Waals surface area contributed by atoms with E-state index >= 15 is 0 Å². The molecule has 0 bridgehead atoms. The minimum Gasteiger partial charge on any atom is -0.184 e. The van der Waals surface area contributed by atoms with Crippen LogP contribution in [0.2, 0.25) is 0 Å². The van der Waals surface area contributed by atoms with Crippen molar-refractivity contribution in [2.24, 2.45) is 17.3 Å². The summed E-state index contributed by atoms with van der Waals surface area (Å²) in [5.41, 5.74) is 1.23. The molecule has 6 heteroatoms. The van der Waals surface area contributed by atoms with Gasteiger partial charge in [0, 0.05) is 16.9 Å². The standard InChI is InChI=1S/C12H22BN3S2/c1-8(2)9(3)12(5,6)10(4)11-7-16(15-14-11)18-17-13/h7-10H,1-6H3. The van der Waals surface area contributed by atoms with Crippen molar-refractivity contribution in [1.82, 2.24) is 14.4 Å². The van der Waals surface area contributed by atoms with Gasteiger partial charge in [0.1, 0.15) is 0 Å². The minimum atomic E-state index is 0.190. The van der Waals surface area contributed by atoms with Crippen LogP contribution in [-0.4, -0.2) is 21.5 Å². The van der Waals surface area contributed by atoms with Gasteiger partial charge >= 0.3 is 0 Å². The van der Waals surface area contributed by atoms with Gasteiger partial charge in [-0.25, -0.2) is 0 Å². The van der Waals surface area contributed by atoms with E-state index in [4.69, 9.17) is 7.12 Å². The summed E-state index contributed by atoms with van der Waals surface area (Å²) in [4.78, 5) is 0. The van der Waals surface area contributed by atoms with Crippen LogP contribution in [0.4, 0.5) is 0 Å². The highest BCUT2D eigenvalue weighted by Gasteiger charge is 2.35. The smallest absolute Gasteiger partial charge is 0.180 e. The maximum atomic E-state index is 5.41. The van der Waals surface area contributed by atoms with E-state index < -0.39 is 0 Å². The fraction of sp³-hybridized carbons (Fsp3) is 0.833. The Morgan fingerprint density at radius 1 is 1.28 bits per heavy atom. The molecule has 0 saturated heterocycles. The molecule has 0 fully saturated rings. The topological polar surface area (TPSA) is 30.7 Å². The van der Waals surface area contributed by atoms with Crippen LogP contribution in [0.5, 0.6) is 0 Å². The second kappa shape index (κ2) is 6.37. The molecule has 0 aliphatic heterocycles. The van der Waals surface area contributed by atoms with Gasteiger partial charge in [0.25, 0.3) is 0 Å². The molecular weight excluding hydrogens is 261 g/mol. The van der Waals surface area contributed by atoms with E-state index in [-0.39, 0.29) is 5.41 Å². The van der Waals surface area contributed by atoms with E-state index in [0.717, 1.165) is 5.69 Å². The van der Waals surface area contributed by atoms with Crippen LogP contribution in [0.15, 0.2) is 6.20 Å². The summed E-state index contributed by atoms with van der Waals surface area (Å²) in [6, 6.07) is 0. The van der Waals surface area contributed by atoms with Gasteiger partial charge in [-0.3, -0.25) is 0 Å². The molecule has 0 saturated carbocycles. The van der Waals surface area contributed by atoms with Crippen LogP contribution in [0, 0.1) is 17.3 Å². The quantitative estimate of drug-likeness (QED) is 0.584. The van der Waals surface area contributed by atoms with Gasteiger partial charge in [-0.2, -0.15) is 4.09 Å². The molecule has 0 N–H and O–H groups in total. The molecule has 18 heavy (non-hydrogen) atoms. The van der Waals surface area contributed by atoms with Gasteiger partial charge in [-0.05, 0) is 17.3 Å². The van der Waals surface area contributed by atoms with E-state index in [2.05, 4.69) is 51.9 Å². The van der Waals surface area contributed by atoms with Crippen molar-refractivity contribution in [3.63, 3.8) is 0 Å². The third kappa shape index (κ3) is 3.47. The summed E-state index contributed by atoms with van der Waals surface area (Å²) in [6.45, 7) is 13.7. The lowest BCUT2D eigenvalue weighted by Crippen LogP contribution is -2.31. The van der Waals surface area contributed by atoms with E-state index in [0.29, 0.717) is 17.8 Å². The predicted molar refractivity (Wildman–Crippen MR) is 82.6 cm³/mol. The van der Waals surface area contributed by atoms with E-state index in [9.17, 15) is 0 Å². The molecule has 0 aromatic carbocycles. The molecule has 1 heterocycles. The highest BCUT2D eigenvalue weighted by Crippen LogP contribution is 2.43. The van der Waals surface area contributed by atoms with Gasteiger partial charge in [0.15, 0.2) is 7.12 Å². The summed E-state index contributed by atoms with van der Waals surface area (Å²) in [6.07, 6.45) is 1.98. The highest BCUT2D eigenvalue weighted by molar-refractivity contribution is 8.84. The lowest BCUT2D eigenvalue weighted by Gasteiger charge is -2.39. The largest absolute Gasteiger partial charge is 0.184 e. The molecule has 0 spiro atoms. The van der Waals surface area contributed by atoms with Gasteiger partial charge in [-0.1, -0.05) is 46.8 Å². The van der Waals surface area contributed by atoms with E-state index in [1.165, 1.54) is 21.6 Å². The van der Waals surface area contributed by atoms with Crippen molar-refractivity contribution >= 4 is 28.7 Å². The first-order valence-corrected chi connectivity index (χ1v) is 8.43. The molecule has 2 unspecified atom stereocenters. The van der Waals surface area contributed by atoms with Gasteiger partial charge in [-0.15, -0.1) is 15.7 Å². The Balaban J connectivity index is 2.87. The average Bonchev–Trinajstić information content (AvgIpc) is 2.75. The van der Waals surface area contributed by atoms with Gasteiger partial charge < -0.3 is 0 Å². The molecule has 100 valence electrons. The first kappa shape index (κ1) is 16.0. The maximum absolute atomic E-state index is 5.41. The second-order valence-corrected chi connectivity index (χ2v) is 7.53. The fourth-order valence-electron chi connectivity index (χ4n) is 2.17. The summed E-state index contributed by atoms with van der Waals surface area (Å²) in [7, 11) is 7.96. The molecule has 0 aliphatic rings. The molecule has 1 rings (SSSR count). The molecule has 2 radical (unpaired) electrons. The Kier molecular flexibility index (Phi) is 5.65. The lowest BCUT2D eigenvalue weighted by molar-refractivity contribution is 0.140. The van der Waals surface area contributed by atoms with Gasteiger partial charge in [0.2, 0.25) is 0 Å². The molecule has 2 atom stereocenters. The highest BCUT2D eigenvalue weighted by atomic mass is 33.1. The third-order valence-electron chi connectivity index (χ3n) is 4.34. The van der Waals surface area contributed by atoms with Crippen molar-refractivity contribution in [3.8, 4) is 0 Å². The van der Waals surface area contributed by atoms with E-state index in [1.54, 1.807) is 4.09 Å². The van der Waals surface area contributed by atoms with Crippen LogP contribution in [0.1, 0.15) is 53.2 Å². The normalized spacial score (nSPS) is 15.9. The maximum Gasteiger partial charge on any atom is 0.180 e. The Morgan fingerprint density at radius 2 is 1.89 bits per heavy atom. The van der Waals surface area contributed by atoms with Crippen LogP contribution in [-0.2, 0) is 0 Å². The SMILES string of the molecule is [B]SSn1cc(C(C)C(C)(C)C(C)C(C)C)nn1. The lowest BCUT2D eigenvalue weighted by atomic mass is 9.66. The van der Waals surface area contributed by atoms with Crippen molar-refractivity contribution in [3.05, 3.63) is 11.9 Å². The van der Waals surface area contributed by atoms with E-state index in [1.807, 2.05) is 6.20 Å². The van der Waals surface area contributed by atoms with Crippen LogP contribution >= 0.6 is 21.6 Å². The Hall–Kier alpha value is -0.0951. The Morgan fingerprint density at radius 3 is 2.39 bits per heavy atom. The Labute approximate surface area is 120 Å². The molecule has 0 amide bonds. The van der Waals surface area contributed by atoms with Gasteiger partial charge in [0.05, 0.1) is 11.9 Å². The predicted octanol–water partition coefficient (Wildman–Crippen LogP) is 3.93. The first-order chi connectivity index (χ1) is 8.30. The fourth-order valence-corrected chi connectivity index (χ4v) is 2.96. The number of nitrogens with zero attached hydrogens (tertiary/aromatic N) is 3. The average molecular weight is 283 g/mol. The van der Waals surface area contributed by atoms with Crippen LogP contribution < -0.4 is 0 Å². The zero-order chi connectivity index (χ0) is 13.9.